The Morgan fingerprint density at radius 3 is 2.56 bits per heavy atom. The van der Waals surface area contributed by atoms with Gasteiger partial charge in [-0.3, -0.25) is 4.79 Å². The lowest BCUT2D eigenvalue weighted by Gasteiger charge is -2.08. The number of nitrogens with one attached hydrogen (secondary N) is 1. The molecule has 3 rings (SSSR count). The van der Waals surface area contributed by atoms with Gasteiger partial charge in [0, 0.05) is 11.4 Å². The molecule has 1 aliphatic heterocycles. The van der Waals surface area contributed by atoms with Crippen molar-refractivity contribution in [3.8, 4) is 0 Å². The molecule has 0 fully saturated rings. The zero-order valence-corrected chi connectivity index (χ0v) is 10.6. The molecule has 18 heavy (non-hydrogen) atoms. The molecule has 0 spiro atoms. The van der Waals surface area contributed by atoms with E-state index in [0.29, 0.717) is 0 Å². The van der Waals surface area contributed by atoms with Crippen LogP contribution in [0.5, 0.6) is 0 Å². The average Bonchev–Trinajstić information content (AvgIpc) is 2.73. The number of para-hydroxylation sites is 1. The molecule has 0 radical (unpaired) electrons. The van der Waals surface area contributed by atoms with E-state index in [4.69, 9.17) is 0 Å². The molecule has 0 unspecified atom stereocenters. The predicted molar refractivity (Wildman–Crippen MR) is 75.5 cm³/mol. The van der Waals surface area contributed by atoms with Crippen LogP contribution in [0.4, 0.5) is 5.69 Å². The summed E-state index contributed by atoms with van der Waals surface area (Å²) in [7, 11) is 0. The summed E-state index contributed by atoms with van der Waals surface area (Å²) in [6.45, 7) is 0. The molecule has 1 atom stereocenters. The van der Waals surface area contributed by atoms with Crippen molar-refractivity contribution in [2.24, 2.45) is 0 Å². The number of rotatable bonds is 3. The Morgan fingerprint density at radius 2 is 1.72 bits per heavy atom. The number of anilines is 1. The predicted octanol–water partition coefficient (Wildman–Crippen LogP) is 3.61. The maximum absolute atomic E-state index is 11.9. The summed E-state index contributed by atoms with van der Waals surface area (Å²) in [4.78, 5) is 11.9. The van der Waals surface area contributed by atoms with Crippen LogP contribution in [-0.4, -0.2) is 5.91 Å². The van der Waals surface area contributed by atoms with Gasteiger partial charge in [-0.2, -0.15) is 0 Å². The molecular weight excluding hydrogens is 242 g/mol. The molecule has 2 aromatic carbocycles. The summed E-state index contributed by atoms with van der Waals surface area (Å²) >= 11 is 1.68. The fourth-order valence-corrected chi connectivity index (χ4v) is 3.25. The molecule has 1 amide bonds. The average molecular weight is 255 g/mol. The Hall–Kier alpha value is -1.74. The highest BCUT2D eigenvalue weighted by atomic mass is 32.2. The number of hydrogen-bond donors (Lipinski definition) is 1. The third-order valence-corrected chi connectivity index (χ3v) is 4.30. The lowest BCUT2D eigenvalue weighted by molar-refractivity contribution is -0.115. The number of amides is 1. The quantitative estimate of drug-likeness (QED) is 0.907. The largest absolute Gasteiger partial charge is 0.325 e. The maximum Gasteiger partial charge on any atom is 0.242 e. The fourth-order valence-electron chi connectivity index (χ4n) is 2.10. The molecule has 1 heterocycles. The van der Waals surface area contributed by atoms with E-state index in [2.05, 4.69) is 17.4 Å². The van der Waals surface area contributed by atoms with E-state index in [-0.39, 0.29) is 11.2 Å². The van der Waals surface area contributed by atoms with Crippen molar-refractivity contribution in [2.75, 3.05) is 5.32 Å². The van der Waals surface area contributed by atoms with Crippen molar-refractivity contribution in [3.05, 3.63) is 65.7 Å². The molecule has 1 N–H and O–H groups in total. The van der Waals surface area contributed by atoms with E-state index >= 15 is 0 Å². The normalized spacial score (nSPS) is 17.3. The van der Waals surface area contributed by atoms with Gasteiger partial charge in [0.15, 0.2) is 0 Å². The Kier molecular flexibility index (Phi) is 3.07. The fraction of sp³-hybridized carbons (Fsp3) is 0.133. The molecule has 90 valence electrons. The van der Waals surface area contributed by atoms with Crippen molar-refractivity contribution < 1.29 is 4.79 Å². The number of thioether (sulfide) groups is 1. The third-order valence-electron chi connectivity index (χ3n) is 3.00. The molecule has 0 aliphatic carbocycles. The molecule has 0 saturated carbocycles. The van der Waals surface area contributed by atoms with E-state index in [1.54, 1.807) is 11.8 Å². The van der Waals surface area contributed by atoms with Crippen LogP contribution in [0.2, 0.25) is 0 Å². The Balaban J connectivity index is 1.76. The summed E-state index contributed by atoms with van der Waals surface area (Å²) in [5.74, 6) is 0.949. The van der Waals surface area contributed by atoms with E-state index < -0.39 is 0 Å². The van der Waals surface area contributed by atoms with Crippen molar-refractivity contribution in [3.63, 3.8) is 0 Å². The number of carbonyl (C=O) groups is 1. The highest BCUT2D eigenvalue weighted by Crippen LogP contribution is 2.40. The Bertz CT molecular complexity index is 568. The van der Waals surface area contributed by atoms with Crippen LogP contribution in [0.25, 0.3) is 0 Å². The number of carbonyl (C=O) groups excluding carboxylic acids is 1. The van der Waals surface area contributed by atoms with E-state index in [0.717, 1.165) is 17.0 Å². The van der Waals surface area contributed by atoms with Gasteiger partial charge in [0.05, 0.1) is 0 Å². The molecule has 2 aromatic rings. The van der Waals surface area contributed by atoms with Gasteiger partial charge in [-0.1, -0.05) is 48.5 Å². The van der Waals surface area contributed by atoms with Crippen molar-refractivity contribution in [1.82, 2.24) is 0 Å². The second kappa shape index (κ2) is 4.86. The summed E-state index contributed by atoms with van der Waals surface area (Å²) in [6.07, 6.45) is 0. The Labute approximate surface area is 110 Å². The summed E-state index contributed by atoms with van der Waals surface area (Å²) in [5.41, 5.74) is 3.30. The van der Waals surface area contributed by atoms with Crippen molar-refractivity contribution in [2.45, 2.75) is 11.0 Å². The van der Waals surface area contributed by atoms with Gasteiger partial charge >= 0.3 is 0 Å². The lowest BCUT2D eigenvalue weighted by atomic mass is 10.2. The zero-order chi connectivity index (χ0) is 12.4. The first-order valence-electron chi connectivity index (χ1n) is 5.90. The SMILES string of the molecule is O=C1Nc2ccccc2[C@H]1SCc1ccccc1. The lowest BCUT2D eigenvalue weighted by Crippen LogP contribution is -2.09. The second-order valence-corrected chi connectivity index (χ2v) is 5.35. The standard InChI is InChI=1S/C15H13NOS/c17-15-14(12-8-4-5-9-13(12)16-15)18-10-11-6-2-1-3-7-11/h1-9,14H,10H2,(H,16,17)/t14-/m1/s1. The number of hydrogen-bond acceptors (Lipinski definition) is 2. The van der Waals surface area contributed by atoms with Crippen LogP contribution in [0.15, 0.2) is 54.6 Å². The van der Waals surface area contributed by atoms with E-state index in [1.165, 1.54) is 5.56 Å². The monoisotopic (exact) mass is 255 g/mol. The first-order chi connectivity index (χ1) is 8.84. The molecular formula is C15H13NOS. The van der Waals surface area contributed by atoms with Gasteiger partial charge in [-0.05, 0) is 17.2 Å². The van der Waals surface area contributed by atoms with Crippen molar-refractivity contribution >= 4 is 23.4 Å². The summed E-state index contributed by atoms with van der Waals surface area (Å²) in [6, 6.07) is 18.1. The molecule has 3 heteroatoms. The highest BCUT2D eigenvalue weighted by Gasteiger charge is 2.30. The van der Waals surface area contributed by atoms with Gasteiger partial charge in [0.25, 0.3) is 0 Å². The van der Waals surface area contributed by atoms with Crippen LogP contribution in [0.3, 0.4) is 0 Å². The Morgan fingerprint density at radius 1 is 1.00 bits per heavy atom. The topological polar surface area (TPSA) is 29.1 Å². The second-order valence-electron chi connectivity index (χ2n) is 4.25. The van der Waals surface area contributed by atoms with Gasteiger partial charge in [-0.15, -0.1) is 11.8 Å². The molecule has 2 nitrogen and oxygen atoms in total. The maximum atomic E-state index is 11.9. The third kappa shape index (κ3) is 2.14. The van der Waals surface area contributed by atoms with Gasteiger partial charge in [0.1, 0.15) is 5.25 Å². The first-order valence-corrected chi connectivity index (χ1v) is 6.95. The zero-order valence-electron chi connectivity index (χ0n) is 9.80. The van der Waals surface area contributed by atoms with Crippen LogP contribution in [-0.2, 0) is 10.5 Å². The number of benzene rings is 2. The minimum atomic E-state index is -0.0820. The minimum absolute atomic E-state index is 0.0820. The van der Waals surface area contributed by atoms with Gasteiger partial charge in [-0.25, -0.2) is 0 Å². The van der Waals surface area contributed by atoms with Crippen LogP contribution >= 0.6 is 11.8 Å². The first kappa shape index (κ1) is 11.4. The van der Waals surface area contributed by atoms with E-state index in [9.17, 15) is 4.79 Å². The molecule has 0 aromatic heterocycles. The molecule has 0 bridgehead atoms. The number of fused-ring (bicyclic) bond motifs is 1. The van der Waals surface area contributed by atoms with E-state index in [1.807, 2.05) is 42.5 Å². The molecule has 0 saturated heterocycles. The highest BCUT2D eigenvalue weighted by molar-refractivity contribution is 7.99. The van der Waals surface area contributed by atoms with Crippen LogP contribution < -0.4 is 5.32 Å². The van der Waals surface area contributed by atoms with Crippen LogP contribution in [0.1, 0.15) is 16.4 Å². The van der Waals surface area contributed by atoms with Gasteiger partial charge < -0.3 is 5.32 Å². The molecule has 1 aliphatic rings. The van der Waals surface area contributed by atoms with Crippen LogP contribution in [0, 0.1) is 0 Å². The summed E-state index contributed by atoms with van der Waals surface area (Å²) in [5, 5.41) is 2.84. The summed E-state index contributed by atoms with van der Waals surface area (Å²) < 4.78 is 0. The smallest absolute Gasteiger partial charge is 0.242 e. The van der Waals surface area contributed by atoms with Crippen molar-refractivity contribution in [1.29, 1.82) is 0 Å². The minimum Gasteiger partial charge on any atom is -0.325 e. The van der Waals surface area contributed by atoms with Gasteiger partial charge in [0.2, 0.25) is 5.91 Å².